The standard InChI is InChI=1S/C17H28N2O/c1-13(2)10-15-4-6-16(7-5-15)17(11-18)19-8-9-20-14(3)12-19/h4-7,13-14,17H,8-12,18H2,1-3H3. The van der Waals surface area contributed by atoms with Crippen LogP contribution in [0.5, 0.6) is 0 Å². The molecule has 3 nitrogen and oxygen atoms in total. The van der Waals surface area contributed by atoms with Gasteiger partial charge < -0.3 is 10.5 Å². The highest BCUT2D eigenvalue weighted by Crippen LogP contribution is 2.23. The molecule has 1 fully saturated rings. The smallest absolute Gasteiger partial charge is 0.0674 e. The average molecular weight is 276 g/mol. The molecule has 2 unspecified atom stereocenters. The van der Waals surface area contributed by atoms with E-state index in [2.05, 4.69) is 49.9 Å². The highest BCUT2D eigenvalue weighted by Gasteiger charge is 2.24. The van der Waals surface area contributed by atoms with Gasteiger partial charge in [-0.15, -0.1) is 0 Å². The van der Waals surface area contributed by atoms with Crippen molar-refractivity contribution < 1.29 is 4.74 Å². The maximum absolute atomic E-state index is 6.02. The molecule has 2 N–H and O–H groups in total. The molecule has 20 heavy (non-hydrogen) atoms. The van der Waals surface area contributed by atoms with E-state index in [1.54, 1.807) is 0 Å². The van der Waals surface area contributed by atoms with Crippen molar-refractivity contribution in [2.24, 2.45) is 11.7 Å². The van der Waals surface area contributed by atoms with E-state index in [1.165, 1.54) is 11.1 Å². The number of benzene rings is 1. The van der Waals surface area contributed by atoms with Crippen molar-refractivity contribution in [3.8, 4) is 0 Å². The number of morpholine rings is 1. The van der Waals surface area contributed by atoms with Crippen molar-refractivity contribution in [3.05, 3.63) is 35.4 Å². The molecule has 1 aromatic rings. The third-order valence-electron chi connectivity index (χ3n) is 3.94. The van der Waals surface area contributed by atoms with Crippen molar-refractivity contribution in [1.29, 1.82) is 0 Å². The third-order valence-corrected chi connectivity index (χ3v) is 3.94. The largest absolute Gasteiger partial charge is 0.376 e. The summed E-state index contributed by atoms with van der Waals surface area (Å²) in [6.45, 7) is 10.1. The van der Waals surface area contributed by atoms with Gasteiger partial charge in [-0.05, 0) is 30.4 Å². The summed E-state index contributed by atoms with van der Waals surface area (Å²) < 4.78 is 5.62. The molecule has 0 amide bonds. The minimum Gasteiger partial charge on any atom is -0.376 e. The first-order valence-electron chi connectivity index (χ1n) is 7.74. The van der Waals surface area contributed by atoms with Gasteiger partial charge in [-0.3, -0.25) is 4.90 Å². The summed E-state index contributed by atoms with van der Waals surface area (Å²) >= 11 is 0. The molecular weight excluding hydrogens is 248 g/mol. The van der Waals surface area contributed by atoms with Crippen molar-refractivity contribution >= 4 is 0 Å². The molecule has 2 atom stereocenters. The van der Waals surface area contributed by atoms with E-state index in [1.807, 2.05) is 0 Å². The van der Waals surface area contributed by atoms with E-state index in [0.29, 0.717) is 24.6 Å². The van der Waals surface area contributed by atoms with Crippen LogP contribution in [0.25, 0.3) is 0 Å². The summed E-state index contributed by atoms with van der Waals surface area (Å²) in [6.07, 6.45) is 1.44. The summed E-state index contributed by atoms with van der Waals surface area (Å²) in [4.78, 5) is 2.45. The van der Waals surface area contributed by atoms with Crippen molar-refractivity contribution in [1.82, 2.24) is 4.90 Å². The number of hydrogen-bond donors (Lipinski definition) is 1. The molecule has 1 saturated heterocycles. The summed E-state index contributed by atoms with van der Waals surface area (Å²) in [6, 6.07) is 9.31. The zero-order valence-corrected chi connectivity index (χ0v) is 13.0. The van der Waals surface area contributed by atoms with Crippen LogP contribution in [0.3, 0.4) is 0 Å². The molecule has 1 aliphatic rings. The second-order valence-electron chi connectivity index (χ2n) is 6.27. The van der Waals surface area contributed by atoms with E-state index in [-0.39, 0.29) is 0 Å². The first-order chi connectivity index (χ1) is 9.60. The van der Waals surface area contributed by atoms with Crippen LogP contribution in [0.4, 0.5) is 0 Å². The van der Waals surface area contributed by atoms with E-state index in [9.17, 15) is 0 Å². The van der Waals surface area contributed by atoms with Crippen LogP contribution >= 0.6 is 0 Å². The molecule has 2 rings (SSSR count). The van der Waals surface area contributed by atoms with Crippen LogP contribution in [-0.2, 0) is 11.2 Å². The number of nitrogens with two attached hydrogens (primary N) is 1. The predicted octanol–water partition coefficient (Wildman–Crippen LogP) is 2.61. The molecule has 1 aliphatic heterocycles. The lowest BCUT2D eigenvalue weighted by Crippen LogP contribution is -2.45. The Balaban J connectivity index is 2.07. The maximum Gasteiger partial charge on any atom is 0.0674 e. The van der Waals surface area contributed by atoms with Crippen molar-refractivity contribution in [2.75, 3.05) is 26.2 Å². The van der Waals surface area contributed by atoms with Crippen LogP contribution in [0, 0.1) is 5.92 Å². The fourth-order valence-electron chi connectivity index (χ4n) is 2.97. The zero-order valence-electron chi connectivity index (χ0n) is 13.0. The number of hydrogen-bond acceptors (Lipinski definition) is 3. The highest BCUT2D eigenvalue weighted by atomic mass is 16.5. The molecular formula is C17H28N2O. The van der Waals surface area contributed by atoms with Gasteiger partial charge >= 0.3 is 0 Å². The number of ether oxygens (including phenoxy) is 1. The molecule has 0 bridgehead atoms. The van der Waals surface area contributed by atoms with Gasteiger partial charge in [-0.1, -0.05) is 38.1 Å². The maximum atomic E-state index is 6.02. The van der Waals surface area contributed by atoms with Crippen LogP contribution in [0.15, 0.2) is 24.3 Å². The van der Waals surface area contributed by atoms with Gasteiger partial charge in [0, 0.05) is 25.7 Å². The van der Waals surface area contributed by atoms with E-state index in [4.69, 9.17) is 10.5 Å². The zero-order chi connectivity index (χ0) is 14.5. The minimum absolute atomic E-state index is 0.304. The average Bonchev–Trinajstić information content (AvgIpc) is 2.41. The second-order valence-corrected chi connectivity index (χ2v) is 6.27. The molecule has 1 aromatic carbocycles. The summed E-state index contributed by atoms with van der Waals surface area (Å²) in [5.41, 5.74) is 8.76. The molecule has 1 heterocycles. The monoisotopic (exact) mass is 276 g/mol. The Hall–Kier alpha value is -0.900. The van der Waals surface area contributed by atoms with Gasteiger partial charge in [-0.25, -0.2) is 0 Å². The van der Waals surface area contributed by atoms with Crippen LogP contribution < -0.4 is 5.73 Å². The second kappa shape index (κ2) is 7.21. The van der Waals surface area contributed by atoms with Crippen molar-refractivity contribution in [2.45, 2.75) is 39.3 Å². The first-order valence-corrected chi connectivity index (χ1v) is 7.74. The van der Waals surface area contributed by atoms with Gasteiger partial charge in [0.05, 0.1) is 12.7 Å². The summed E-state index contributed by atoms with van der Waals surface area (Å²) in [5.74, 6) is 0.700. The van der Waals surface area contributed by atoms with Crippen molar-refractivity contribution in [3.63, 3.8) is 0 Å². The Morgan fingerprint density at radius 2 is 2.00 bits per heavy atom. The van der Waals surface area contributed by atoms with Gasteiger partial charge in [0.15, 0.2) is 0 Å². The fraction of sp³-hybridized carbons (Fsp3) is 0.647. The Morgan fingerprint density at radius 1 is 1.30 bits per heavy atom. The third kappa shape index (κ3) is 4.05. The Labute approximate surface area is 123 Å². The summed E-state index contributed by atoms with van der Waals surface area (Å²) in [7, 11) is 0. The molecule has 0 saturated carbocycles. The topological polar surface area (TPSA) is 38.5 Å². The molecule has 0 radical (unpaired) electrons. The fourth-order valence-corrected chi connectivity index (χ4v) is 2.97. The summed E-state index contributed by atoms with van der Waals surface area (Å²) in [5, 5.41) is 0. The van der Waals surface area contributed by atoms with Crippen LogP contribution in [0.2, 0.25) is 0 Å². The van der Waals surface area contributed by atoms with Gasteiger partial charge in [0.25, 0.3) is 0 Å². The normalized spacial score (nSPS) is 22.1. The Kier molecular flexibility index (Phi) is 5.58. The first kappa shape index (κ1) is 15.5. The van der Waals surface area contributed by atoms with Gasteiger partial charge in [0.2, 0.25) is 0 Å². The number of rotatable bonds is 5. The van der Waals surface area contributed by atoms with E-state index < -0.39 is 0 Å². The SMILES string of the molecule is CC(C)Cc1ccc(C(CN)N2CCOC(C)C2)cc1. The lowest BCUT2D eigenvalue weighted by atomic mass is 9.98. The van der Waals surface area contributed by atoms with Crippen LogP contribution in [0.1, 0.15) is 37.9 Å². The Bertz CT molecular complexity index is 402. The van der Waals surface area contributed by atoms with Crippen LogP contribution in [-0.4, -0.2) is 37.2 Å². The molecule has 0 aliphatic carbocycles. The molecule has 3 heteroatoms. The quantitative estimate of drug-likeness (QED) is 0.898. The predicted molar refractivity (Wildman–Crippen MR) is 83.8 cm³/mol. The van der Waals surface area contributed by atoms with E-state index in [0.717, 1.165) is 26.1 Å². The highest BCUT2D eigenvalue weighted by molar-refractivity contribution is 5.26. The molecule has 0 aromatic heterocycles. The van der Waals surface area contributed by atoms with Gasteiger partial charge in [-0.2, -0.15) is 0 Å². The lowest BCUT2D eigenvalue weighted by Gasteiger charge is -2.37. The molecule has 112 valence electrons. The minimum atomic E-state index is 0.304. The number of nitrogens with zero attached hydrogens (tertiary/aromatic N) is 1. The molecule has 0 spiro atoms. The lowest BCUT2D eigenvalue weighted by molar-refractivity contribution is -0.0333. The van der Waals surface area contributed by atoms with E-state index >= 15 is 0 Å². The Morgan fingerprint density at radius 3 is 2.55 bits per heavy atom. The van der Waals surface area contributed by atoms with Gasteiger partial charge in [0.1, 0.15) is 0 Å².